The summed E-state index contributed by atoms with van der Waals surface area (Å²) in [6.07, 6.45) is 0.260. The van der Waals surface area contributed by atoms with Crippen molar-refractivity contribution in [2.75, 3.05) is 0 Å². The predicted molar refractivity (Wildman–Crippen MR) is 46.4 cm³/mol. The maximum absolute atomic E-state index is 13.0. The molecule has 0 aromatic rings. The Morgan fingerprint density at radius 3 is 2.07 bits per heavy atom. The maximum atomic E-state index is 13.0. The van der Waals surface area contributed by atoms with Gasteiger partial charge in [0.2, 0.25) is 0 Å². The highest BCUT2D eigenvalue weighted by Gasteiger charge is 2.63. The summed E-state index contributed by atoms with van der Waals surface area (Å²) in [6.45, 7) is 0. The van der Waals surface area contributed by atoms with Crippen LogP contribution in [0, 0.1) is 23.2 Å². The minimum absolute atomic E-state index is 0.351. The van der Waals surface area contributed by atoms with E-state index in [1.807, 2.05) is 0 Å². The van der Waals surface area contributed by atoms with E-state index in [9.17, 15) is 13.2 Å². The van der Waals surface area contributed by atoms with Crippen molar-refractivity contribution in [1.29, 1.82) is 0 Å². The molecule has 3 heteroatoms. The van der Waals surface area contributed by atoms with E-state index in [1.165, 1.54) is 5.92 Å². The van der Waals surface area contributed by atoms with Gasteiger partial charge in [0.25, 0.3) is 0 Å². The first-order chi connectivity index (χ1) is 6.48. The molecule has 0 aromatic carbocycles. The van der Waals surface area contributed by atoms with E-state index in [2.05, 4.69) is 0 Å². The van der Waals surface area contributed by atoms with Gasteiger partial charge in [-0.15, -0.1) is 0 Å². The zero-order chi connectivity index (χ0) is 9.97. The van der Waals surface area contributed by atoms with Crippen LogP contribution in [0.1, 0.15) is 38.5 Å². The van der Waals surface area contributed by atoms with E-state index in [0.29, 0.717) is 31.1 Å². The average Bonchev–Trinajstić information content (AvgIpc) is 1.98. The van der Waals surface area contributed by atoms with E-state index in [0.717, 1.165) is 19.3 Å². The fourth-order valence-electron chi connectivity index (χ4n) is 4.14. The van der Waals surface area contributed by atoms with Crippen molar-refractivity contribution in [1.82, 2.24) is 0 Å². The fraction of sp³-hybridized carbons (Fsp3) is 0.909. The molecule has 2 unspecified atom stereocenters. The van der Waals surface area contributed by atoms with Crippen molar-refractivity contribution in [3.8, 4) is 0 Å². The molecule has 79 valence electrons. The van der Waals surface area contributed by atoms with Crippen LogP contribution in [0.25, 0.3) is 0 Å². The summed E-state index contributed by atoms with van der Waals surface area (Å²) in [7, 11) is 0. The SMILES string of the molecule is FC(F)(F)C12C[C]3CC(CC(C3)C1)C2. The molecule has 0 aromatic heterocycles. The molecule has 4 rings (SSSR count). The van der Waals surface area contributed by atoms with Crippen LogP contribution in [-0.2, 0) is 0 Å². The Morgan fingerprint density at radius 1 is 1.07 bits per heavy atom. The molecule has 4 bridgehead atoms. The van der Waals surface area contributed by atoms with E-state index < -0.39 is 11.6 Å². The summed E-state index contributed by atoms with van der Waals surface area (Å²) in [5.74, 6) is 1.92. The zero-order valence-corrected chi connectivity index (χ0v) is 8.03. The van der Waals surface area contributed by atoms with Crippen molar-refractivity contribution >= 4 is 0 Å². The molecule has 0 nitrogen and oxygen atoms in total. The lowest BCUT2D eigenvalue weighted by Crippen LogP contribution is -2.52. The first kappa shape index (κ1) is 9.05. The van der Waals surface area contributed by atoms with Gasteiger partial charge in [-0.1, -0.05) is 0 Å². The van der Waals surface area contributed by atoms with Crippen molar-refractivity contribution in [3.63, 3.8) is 0 Å². The summed E-state index contributed by atoms with van der Waals surface area (Å²) < 4.78 is 39.0. The Hall–Kier alpha value is -0.210. The van der Waals surface area contributed by atoms with Gasteiger partial charge in [0.15, 0.2) is 0 Å². The molecular formula is C11H14F3. The molecule has 4 fully saturated rings. The Morgan fingerprint density at radius 2 is 1.64 bits per heavy atom. The van der Waals surface area contributed by atoms with E-state index >= 15 is 0 Å². The van der Waals surface area contributed by atoms with Crippen molar-refractivity contribution in [3.05, 3.63) is 5.92 Å². The summed E-state index contributed by atoms with van der Waals surface area (Å²) in [5.41, 5.74) is -1.30. The highest BCUT2D eigenvalue weighted by atomic mass is 19.4. The van der Waals surface area contributed by atoms with Crippen molar-refractivity contribution < 1.29 is 13.2 Å². The van der Waals surface area contributed by atoms with Gasteiger partial charge in [-0.05, 0) is 56.3 Å². The number of halogens is 3. The quantitative estimate of drug-likeness (QED) is 0.562. The molecule has 14 heavy (non-hydrogen) atoms. The number of hydrogen-bond acceptors (Lipinski definition) is 0. The molecule has 0 heterocycles. The molecule has 4 saturated carbocycles. The molecule has 2 atom stereocenters. The molecule has 4 aliphatic rings. The van der Waals surface area contributed by atoms with Gasteiger partial charge < -0.3 is 0 Å². The first-order valence-corrected chi connectivity index (χ1v) is 5.39. The first-order valence-electron chi connectivity index (χ1n) is 5.39. The average molecular weight is 203 g/mol. The van der Waals surface area contributed by atoms with Crippen molar-refractivity contribution in [2.45, 2.75) is 44.7 Å². The lowest BCUT2D eigenvalue weighted by molar-refractivity contribution is -0.259. The standard InChI is InChI=1S/C11H14F3/c12-11(13,14)10-4-7-1-8(5-10)3-9(2-7)6-10/h7-8H,1-6H2. The monoisotopic (exact) mass is 203 g/mol. The highest BCUT2D eigenvalue weighted by Crippen LogP contribution is 2.65. The van der Waals surface area contributed by atoms with Gasteiger partial charge in [-0.2, -0.15) is 13.2 Å². The topological polar surface area (TPSA) is 0 Å². The van der Waals surface area contributed by atoms with Crippen LogP contribution in [0.4, 0.5) is 13.2 Å². The number of alkyl halides is 3. The second-order valence-electron chi connectivity index (χ2n) is 5.49. The van der Waals surface area contributed by atoms with Gasteiger partial charge in [-0.25, -0.2) is 0 Å². The Balaban J connectivity index is 1.95. The smallest absolute Gasteiger partial charge is 0.171 e. The van der Waals surface area contributed by atoms with Crippen LogP contribution in [-0.4, -0.2) is 6.18 Å². The minimum atomic E-state index is -3.96. The van der Waals surface area contributed by atoms with Gasteiger partial charge in [0, 0.05) is 0 Å². The molecule has 0 amide bonds. The molecule has 0 aliphatic heterocycles. The summed E-state index contributed by atoms with van der Waals surface area (Å²) in [4.78, 5) is 0. The lowest BCUT2D eigenvalue weighted by Gasteiger charge is -2.56. The number of rotatable bonds is 0. The third kappa shape index (κ3) is 1.07. The molecule has 4 aliphatic carbocycles. The largest absolute Gasteiger partial charge is 0.394 e. The van der Waals surface area contributed by atoms with Crippen LogP contribution in [0.15, 0.2) is 0 Å². The summed E-state index contributed by atoms with van der Waals surface area (Å²) in [6, 6.07) is 0. The second kappa shape index (κ2) is 2.48. The van der Waals surface area contributed by atoms with Gasteiger partial charge in [0.05, 0.1) is 5.41 Å². The summed E-state index contributed by atoms with van der Waals surface area (Å²) >= 11 is 0. The van der Waals surface area contributed by atoms with Crippen LogP contribution in [0.5, 0.6) is 0 Å². The fourth-order valence-corrected chi connectivity index (χ4v) is 4.14. The second-order valence-corrected chi connectivity index (χ2v) is 5.49. The summed E-state index contributed by atoms with van der Waals surface area (Å²) in [5, 5.41) is 0. The molecule has 1 radical (unpaired) electrons. The van der Waals surface area contributed by atoms with Crippen LogP contribution in [0.2, 0.25) is 0 Å². The van der Waals surface area contributed by atoms with Crippen LogP contribution in [0.3, 0.4) is 0 Å². The van der Waals surface area contributed by atoms with E-state index in [4.69, 9.17) is 0 Å². The molecule has 0 N–H and O–H groups in total. The minimum Gasteiger partial charge on any atom is -0.171 e. The highest BCUT2D eigenvalue weighted by molar-refractivity contribution is 5.15. The molecule has 0 saturated heterocycles. The maximum Gasteiger partial charge on any atom is 0.394 e. The molecule has 0 spiro atoms. The third-order valence-corrected chi connectivity index (χ3v) is 4.37. The van der Waals surface area contributed by atoms with E-state index in [-0.39, 0.29) is 0 Å². The normalized spacial score (nSPS) is 47.4. The van der Waals surface area contributed by atoms with E-state index in [1.54, 1.807) is 0 Å². The third-order valence-electron chi connectivity index (χ3n) is 4.37. The van der Waals surface area contributed by atoms with Crippen molar-refractivity contribution in [2.24, 2.45) is 17.3 Å². The zero-order valence-electron chi connectivity index (χ0n) is 8.03. The Bertz CT molecular complexity index is 218. The van der Waals surface area contributed by atoms with Gasteiger partial charge in [-0.3, -0.25) is 0 Å². The molecular weight excluding hydrogens is 189 g/mol. The van der Waals surface area contributed by atoms with Crippen LogP contribution >= 0.6 is 0 Å². The predicted octanol–water partition coefficient (Wildman–Crippen LogP) is 3.72. The Kier molecular flexibility index (Phi) is 1.60. The van der Waals surface area contributed by atoms with Crippen LogP contribution < -0.4 is 0 Å². The van der Waals surface area contributed by atoms with Gasteiger partial charge in [0.1, 0.15) is 0 Å². The van der Waals surface area contributed by atoms with Gasteiger partial charge >= 0.3 is 6.18 Å². The Labute approximate surface area is 81.9 Å². The lowest BCUT2D eigenvalue weighted by atomic mass is 9.49. The number of hydrogen-bond donors (Lipinski definition) is 0.